The van der Waals surface area contributed by atoms with Gasteiger partial charge in [-0.2, -0.15) is 4.98 Å². The summed E-state index contributed by atoms with van der Waals surface area (Å²) in [5.41, 5.74) is 1.85. The van der Waals surface area contributed by atoms with Crippen LogP contribution < -0.4 is 4.74 Å². The number of aromatic nitrogens is 1. The number of carbonyl (C=O) groups is 1. The Labute approximate surface area is 117 Å². The minimum atomic E-state index is -1.15. The lowest BCUT2D eigenvalue weighted by molar-refractivity contribution is 0.0690. The van der Waals surface area contributed by atoms with Gasteiger partial charge in [0.15, 0.2) is 5.69 Å². The predicted molar refractivity (Wildman–Crippen MR) is 73.4 cm³/mol. The van der Waals surface area contributed by atoms with E-state index >= 15 is 0 Å². The Morgan fingerprint density at radius 1 is 1.35 bits per heavy atom. The summed E-state index contributed by atoms with van der Waals surface area (Å²) in [6.07, 6.45) is 0.986. The van der Waals surface area contributed by atoms with Crippen molar-refractivity contribution in [3.8, 4) is 11.8 Å². The molecule has 0 unspecified atom stereocenters. The van der Waals surface area contributed by atoms with Gasteiger partial charge < -0.3 is 14.3 Å². The topological polar surface area (TPSA) is 72.6 Å². The second-order valence-electron chi connectivity index (χ2n) is 5.66. The Bertz CT molecular complexity index is 638. The van der Waals surface area contributed by atoms with Crippen molar-refractivity contribution < 1.29 is 19.1 Å². The Kier molecular flexibility index (Phi) is 3.53. The lowest BCUT2D eigenvalue weighted by Crippen LogP contribution is -2.12. The third kappa shape index (κ3) is 2.99. The summed E-state index contributed by atoms with van der Waals surface area (Å²) in [4.78, 5) is 14.5. The van der Waals surface area contributed by atoms with Crippen LogP contribution in [-0.4, -0.2) is 16.1 Å². The first kappa shape index (κ1) is 14.1. The molecule has 0 amide bonds. The summed E-state index contributed by atoms with van der Waals surface area (Å²) in [7, 11) is 0. The number of oxazole rings is 1. The predicted octanol–water partition coefficient (Wildman–Crippen LogP) is 3.77. The smallest absolute Gasteiger partial charge is 0.399 e. The quantitative estimate of drug-likeness (QED) is 0.923. The van der Waals surface area contributed by atoms with Crippen molar-refractivity contribution in [2.75, 3.05) is 0 Å². The number of benzene rings is 1. The zero-order valence-corrected chi connectivity index (χ0v) is 11.9. The second kappa shape index (κ2) is 5.00. The van der Waals surface area contributed by atoms with Crippen LogP contribution >= 0.6 is 0 Å². The van der Waals surface area contributed by atoms with Gasteiger partial charge in [0.2, 0.25) is 0 Å². The molecule has 1 heterocycles. The van der Waals surface area contributed by atoms with Gasteiger partial charge in [-0.25, -0.2) is 4.79 Å². The molecule has 0 atom stereocenters. The molecule has 0 radical (unpaired) electrons. The summed E-state index contributed by atoms with van der Waals surface area (Å²) in [6, 6.07) is 5.79. The number of aryl methyl sites for hydroxylation is 1. The SMILES string of the molecule is Cc1ccc(Oc2nc(C(=O)O)co2)c(C(C)(C)C)c1. The molecule has 1 aromatic heterocycles. The van der Waals surface area contributed by atoms with Crippen LogP contribution in [0.15, 0.2) is 28.9 Å². The van der Waals surface area contributed by atoms with E-state index in [0.717, 1.165) is 17.4 Å². The van der Waals surface area contributed by atoms with E-state index in [1.165, 1.54) is 0 Å². The normalized spacial score (nSPS) is 11.4. The zero-order valence-electron chi connectivity index (χ0n) is 11.9. The fraction of sp³-hybridized carbons (Fsp3) is 0.333. The number of aromatic carboxylic acids is 1. The Hall–Kier alpha value is -2.30. The minimum Gasteiger partial charge on any atom is -0.476 e. The standard InChI is InChI=1S/C15H17NO4/c1-9-5-6-12(10(7-9)15(2,3)4)20-14-16-11(8-19-14)13(17)18/h5-8H,1-4H3,(H,17,18). The number of rotatable bonds is 3. The van der Waals surface area contributed by atoms with E-state index in [9.17, 15) is 4.79 Å². The maximum absolute atomic E-state index is 10.8. The number of hydrogen-bond acceptors (Lipinski definition) is 4. The van der Waals surface area contributed by atoms with Gasteiger partial charge in [0.05, 0.1) is 0 Å². The molecule has 0 aliphatic carbocycles. The molecule has 0 saturated heterocycles. The van der Waals surface area contributed by atoms with E-state index in [0.29, 0.717) is 5.75 Å². The highest BCUT2D eigenvalue weighted by molar-refractivity contribution is 5.84. The lowest BCUT2D eigenvalue weighted by Gasteiger charge is -2.22. The van der Waals surface area contributed by atoms with Crippen LogP contribution in [0.2, 0.25) is 0 Å². The monoisotopic (exact) mass is 275 g/mol. The molecule has 106 valence electrons. The van der Waals surface area contributed by atoms with E-state index in [2.05, 4.69) is 25.8 Å². The molecule has 5 heteroatoms. The van der Waals surface area contributed by atoms with E-state index < -0.39 is 5.97 Å². The number of carboxylic acid groups (broad SMARTS) is 1. The summed E-state index contributed by atoms with van der Waals surface area (Å²) in [6.45, 7) is 8.24. The maximum Gasteiger partial charge on any atom is 0.399 e. The summed E-state index contributed by atoms with van der Waals surface area (Å²) in [5.74, 6) is -0.537. The lowest BCUT2D eigenvalue weighted by atomic mass is 9.85. The first-order valence-electron chi connectivity index (χ1n) is 6.25. The highest BCUT2D eigenvalue weighted by Crippen LogP contribution is 2.34. The number of carboxylic acids is 1. The second-order valence-corrected chi connectivity index (χ2v) is 5.66. The van der Waals surface area contributed by atoms with Crippen LogP contribution in [0.5, 0.6) is 11.8 Å². The highest BCUT2D eigenvalue weighted by Gasteiger charge is 2.21. The average molecular weight is 275 g/mol. The fourth-order valence-electron chi connectivity index (χ4n) is 1.82. The minimum absolute atomic E-state index is 0.0725. The summed E-state index contributed by atoms with van der Waals surface area (Å²) >= 11 is 0. The van der Waals surface area contributed by atoms with Crippen molar-refractivity contribution in [1.29, 1.82) is 0 Å². The van der Waals surface area contributed by atoms with Crippen molar-refractivity contribution in [2.24, 2.45) is 0 Å². The van der Waals surface area contributed by atoms with E-state index in [-0.39, 0.29) is 17.2 Å². The number of hydrogen-bond donors (Lipinski definition) is 1. The molecule has 5 nitrogen and oxygen atoms in total. The molecule has 2 rings (SSSR count). The van der Waals surface area contributed by atoms with Gasteiger partial charge in [-0.05, 0) is 18.4 Å². The molecule has 1 N–H and O–H groups in total. The summed E-state index contributed by atoms with van der Waals surface area (Å²) < 4.78 is 10.6. The van der Waals surface area contributed by atoms with E-state index in [1.807, 2.05) is 25.1 Å². The molecule has 0 spiro atoms. The maximum atomic E-state index is 10.8. The fourth-order valence-corrected chi connectivity index (χ4v) is 1.82. The third-order valence-corrected chi connectivity index (χ3v) is 2.84. The molecule has 2 aromatic rings. The molecule has 0 bridgehead atoms. The van der Waals surface area contributed by atoms with Gasteiger partial charge in [-0.15, -0.1) is 0 Å². The van der Waals surface area contributed by atoms with Gasteiger partial charge in [0.25, 0.3) is 0 Å². The van der Waals surface area contributed by atoms with Crippen LogP contribution in [0.4, 0.5) is 0 Å². The number of nitrogens with zero attached hydrogens (tertiary/aromatic N) is 1. The molecular weight excluding hydrogens is 258 g/mol. The van der Waals surface area contributed by atoms with Crippen molar-refractivity contribution in [3.63, 3.8) is 0 Å². The molecular formula is C15H17NO4. The van der Waals surface area contributed by atoms with Crippen molar-refractivity contribution in [3.05, 3.63) is 41.3 Å². The van der Waals surface area contributed by atoms with Crippen LogP contribution in [0, 0.1) is 6.92 Å². The molecule has 0 saturated carbocycles. The number of ether oxygens (including phenoxy) is 1. The van der Waals surface area contributed by atoms with Crippen molar-refractivity contribution in [1.82, 2.24) is 4.98 Å². The van der Waals surface area contributed by atoms with Crippen LogP contribution in [0.3, 0.4) is 0 Å². The van der Waals surface area contributed by atoms with Gasteiger partial charge in [0, 0.05) is 5.56 Å². The summed E-state index contributed by atoms with van der Waals surface area (Å²) in [5, 5.41) is 8.81. The zero-order chi connectivity index (χ0) is 14.9. The van der Waals surface area contributed by atoms with Gasteiger partial charge in [0.1, 0.15) is 12.0 Å². The van der Waals surface area contributed by atoms with Gasteiger partial charge in [-0.1, -0.05) is 38.5 Å². The van der Waals surface area contributed by atoms with Gasteiger partial charge in [-0.3, -0.25) is 0 Å². The highest BCUT2D eigenvalue weighted by atomic mass is 16.6. The first-order valence-corrected chi connectivity index (χ1v) is 6.25. The largest absolute Gasteiger partial charge is 0.476 e. The average Bonchev–Trinajstić information content (AvgIpc) is 2.79. The molecule has 0 fully saturated rings. The Morgan fingerprint density at radius 2 is 2.05 bits per heavy atom. The molecule has 1 aromatic carbocycles. The van der Waals surface area contributed by atoms with Crippen LogP contribution in [0.25, 0.3) is 0 Å². The van der Waals surface area contributed by atoms with Crippen molar-refractivity contribution >= 4 is 5.97 Å². The molecule has 20 heavy (non-hydrogen) atoms. The molecule has 0 aliphatic heterocycles. The van der Waals surface area contributed by atoms with Gasteiger partial charge >= 0.3 is 12.0 Å². The van der Waals surface area contributed by atoms with Crippen molar-refractivity contribution in [2.45, 2.75) is 33.1 Å². The third-order valence-electron chi connectivity index (χ3n) is 2.84. The van der Waals surface area contributed by atoms with E-state index in [1.54, 1.807) is 0 Å². The Balaban J connectivity index is 2.35. The van der Waals surface area contributed by atoms with E-state index in [4.69, 9.17) is 14.3 Å². The first-order chi connectivity index (χ1) is 9.27. The molecule has 0 aliphatic rings. The van der Waals surface area contributed by atoms with Crippen LogP contribution in [-0.2, 0) is 5.41 Å². The Morgan fingerprint density at radius 3 is 2.60 bits per heavy atom. The van der Waals surface area contributed by atoms with Crippen LogP contribution in [0.1, 0.15) is 42.4 Å².